The summed E-state index contributed by atoms with van der Waals surface area (Å²) in [5, 5.41) is 12.8. The summed E-state index contributed by atoms with van der Waals surface area (Å²) in [4.78, 5) is 23.0. The van der Waals surface area contributed by atoms with Crippen LogP contribution in [0.25, 0.3) is 0 Å². The molecular formula is C24H31F3N6O2S. The predicted molar refractivity (Wildman–Crippen MR) is 132 cm³/mol. The number of thioether (sulfide) groups is 1. The number of aromatic nitrogens is 2. The van der Waals surface area contributed by atoms with Crippen LogP contribution in [0.15, 0.2) is 28.4 Å². The number of ether oxygens (including phenoxy) is 1. The van der Waals surface area contributed by atoms with Gasteiger partial charge in [-0.25, -0.2) is 4.98 Å². The van der Waals surface area contributed by atoms with E-state index in [1.807, 2.05) is 0 Å². The van der Waals surface area contributed by atoms with Crippen LogP contribution in [0.2, 0.25) is 0 Å². The van der Waals surface area contributed by atoms with Crippen LogP contribution in [0.1, 0.15) is 44.6 Å². The lowest BCUT2D eigenvalue weighted by atomic mass is 9.96. The highest BCUT2D eigenvalue weighted by Gasteiger charge is 2.43. The van der Waals surface area contributed by atoms with Gasteiger partial charge in [-0.15, -0.1) is 11.8 Å². The Bertz CT molecular complexity index is 1040. The number of anilines is 2. The highest BCUT2D eigenvalue weighted by atomic mass is 32.2. The van der Waals surface area contributed by atoms with E-state index in [0.29, 0.717) is 43.5 Å². The number of nitrogens with two attached hydrogens (primary N) is 1. The number of halogens is 3. The van der Waals surface area contributed by atoms with E-state index >= 15 is 0 Å². The van der Waals surface area contributed by atoms with Gasteiger partial charge in [-0.05, 0) is 63.2 Å². The smallest absolute Gasteiger partial charge is 0.381 e. The fourth-order valence-electron chi connectivity index (χ4n) is 4.11. The zero-order valence-electron chi connectivity index (χ0n) is 20.4. The van der Waals surface area contributed by atoms with Gasteiger partial charge in [0.25, 0.3) is 0 Å². The van der Waals surface area contributed by atoms with Crippen molar-refractivity contribution in [3.8, 4) is 6.07 Å². The zero-order valence-corrected chi connectivity index (χ0v) is 21.2. The first-order valence-corrected chi connectivity index (χ1v) is 13.1. The predicted octanol–water partition coefficient (Wildman–Crippen LogP) is 4.19. The van der Waals surface area contributed by atoms with Crippen molar-refractivity contribution in [3.63, 3.8) is 0 Å². The summed E-state index contributed by atoms with van der Waals surface area (Å²) in [7, 11) is 0. The molecule has 0 unspecified atom stereocenters. The Morgan fingerprint density at radius 2 is 2.00 bits per heavy atom. The van der Waals surface area contributed by atoms with Crippen molar-refractivity contribution in [2.24, 2.45) is 11.8 Å². The third kappa shape index (κ3) is 7.61. The molecule has 0 bridgehead atoms. The molecule has 0 radical (unpaired) electrons. The van der Waals surface area contributed by atoms with Gasteiger partial charge in [0.1, 0.15) is 16.7 Å². The molecule has 36 heavy (non-hydrogen) atoms. The highest BCUT2D eigenvalue weighted by molar-refractivity contribution is 7.98. The molecule has 2 heterocycles. The summed E-state index contributed by atoms with van der Waals surface area (Å²) in [5.74, 6) is -0.449. The molecule has 1 amide bonds. The first-order chi connectivity index (χ1) is 17.2. The van der Waals surface area contributed by atoms with E-state index < -0.39 is 23.6 Å². The summed E-state index contributed by atoms with van der Waals surface area (Å²) in [5.41, 5.74) is 5.54. The minimum absolute atomic E-state index is 0.0267. The molecule has 196 valence electrons. The van der Waals surface area contributed by atoms with Gasteiger partial charge in [0.05, 0.1) is 6.54 Å². The second-order valence-electron chi connectivity index (χ2n) is 8.83. The first-order valence-electron chi connectivity index (χ1n) is 11.9. The van der Waals surface area contributed by atoms with Crippen LogP contribution in [0.5, 0.6) is 0 Å². The third-order valence-corrected chi connectivity index (χ3v) is 6.89. The Kier molecular flexibility index (Phi) is 9.62. The summed E-state index contributed by atoms with van der Waals surface area (Å²) in [6.07, 6.45) is 3.24. The Morgan fingerprint density at radius 3 is 2.56 bits per heavy atom. The van der Waals surface area contributed by atoms with E-state index in [0.717, 1.165) is 25.3 Å². The lowest BCUT2D eigenvalue weighted by Gasteiger charge is -2.28. The Balaban J connectivity index is 1.82. The molecule has 0 atom stereocenters. The molecule has 0 spiro atoms. The molecule has 2 aliphatic rings. The number of nitrogens with zero attached hydrogens (tertiary/aromatic N) is 4. The maximum absolute atomic E-state index is 13.5. The molecule has 1 saturated carbocycles. The van der Waals surface area contributed by atoms with Gasteiger partial charge in [0, 0.05) is 31.0 Å². The van der Waals surface area contributed by atoms with Crippen LogP contribution in [-0.2, 0) is 9.53 Å². The summed E-state index contributed by atoms with van der Waals surface area (Å²) in [6.45, 7) is 3.11. The van der Waals surface area contributed by atoms with Gasteiger partial charge < -0.3 is 20.7 Å². The van der Waals surface area contributed by atoms with E-state index in [2.05, 4.69) is 21.4 Å². The average Bonchev–Trinajstić information content (AvgIpc) is 3.68. The van der Waals surface area contributed by atoms with Gasteiger partial charge in [0.2, 0.25) is 11.9 Å². The lowest BCUT2D eigenvalue weighted by Crippen LogP contribution is -2.39. The van der Waals surface area contributed by atoms with Crippen LogP contribution in [0.4, 0.5) is 24.9 Å². The SMILES string of the molecule is C/C=C(\C=C(/C1CC1)C(F)(F)F)NC(=O)CN(CCC1CCOCC1)c1nc(N)nc(SC)c1C#N. The van der Waals surface area contributed by atoms with Crippen molar-refractivity contribution in [1.82, 2.24) is 15.3 Å². The van der Waals surface area contributed by atoms with Crippen LogP contribution in [0, 0.1) is 23.2 Å². The molecule has 0 aromatic carbocycles. The topological polar surface area (TPSA) is 117 Å². The Hall–Kier alpha value is -2.78. The molecule has 1 aliphatic heterocycles. The first kappa shape index (κ1) is 27.8. The average molecular weight is 525 g/mol. The van der Waals surface area contributed by atoms with E-state index in [1.165, 1.54) is 17.8 Å². The quantitative estimate of drug-likeness (QED) is 0.266. The molecule has 3 rings (SSSR count). The summed E-state index contributed by atoms with van der Waals surface area (Å²) in [6, 6.07) is 2.11. The number of hydrogen-bond donors (Lipinski definition) is 2. The van der Waals surface area contributed by atoms with Crippen molar-refractivity contribution >= 4 is 29.4 Å². The van der Waals surface area contributed by atoms with Crippen LogP contribution >= 0.6 is 11.8 Å². The second kappa shape index (κ2) is 12.5. The molecule has 8 nitrogen and oxygen atoms in total. The number of nitrogens with one attached hydrogen (secondary N) is 1. The van der Waals surface area contributed by atoms with E-state index in [4.69, 9.17) is 10.5 Å². The van der Waals surface area contributed by atoms with Gasteiger partial charge in [0.15, 0.2) is 5.82 Å². The number of allylic oxidation sites excluding steroid dienone is 3. The van der Waals surface area contributed by atoms with Crippen LogP contribution in [-0.4, -0.2) is 54.6 Å². The fourth-order valence-corrected chi connectivity index (χ4v) is 4.64. The molecule has 3 N–H and O–H groups in total. The number of alkyl halides is 3. The Morgan fingerprint density at radius 1 is 1.31 bits per heavy atom. The fraction of sp³-hybridized carbons (Fsp3) is 0.583. The van der Waals surface area contributed by atoms with Crippen molar-refractivity contribution in [2.75, 3.05) is 43.2 Å². The standard InChI is InChI=1S/C24H31F3N6O2S/c1-3-17(12-19(16-4-5-16)24(25,26)27)30-20(34)14-33(9-6-15-7-10-35-11-8-15)21-18(13-28)22(36-2)32-23(29)31-21/h3,12,15-16H,4-11,14H2,1-2H3,(H,30,34)(H2,29,31,32)/b17-3+,19-12+. The molecule has 1 aliphatic carbocycles. The van der Waals surface area contributed by atoms with Crippen molar-refractivity contribution in [2.45, 2.75) is 50.2 Å². The molecule has 1 aromatic rings. The number of nitriles is 1. The van der Waals surface area contributed by atoms with Crippen molar-refractivity contribution in [1.29, 1.82) is 5.26 Å². The number of hydrogen-bond acceptors (Lipinski definition) is 8. The number of rotatable bonds is 10. The highest BCUT2D eigenvalue weighted by Crippen LogP contribution is 2.45. The second-order valence-corrected chi connectivity index (χ2v) is 9.63. The monoisotopic (exact) mass is 524 g/mol. The lowest BCUT2D eigenvalue weighted by molar-refractivity contribution is -0.119. The Labute approximate surface area is 213 Å². The van der Waals surface area contributed by atoms with Crippen LogP contribution in [0.3, 0.4) is 0 Å². The molecule has 2 fully saturated rings. The molecule has 1 aromatic heterocycles. The van der Waals surface area contributed by atoms with Crippen molar-refractivity contribution < 1.29 is 22.7 Å². The van der Waals surface area contributed by atoms with E-state index in [1.54, 1.807) is 18.1 Å². The summed E-state index contributed by atoms with van der Waals surface area (Å²) < 4.78 is 45.8. The molecule has 1 saturated heterocycles. The largest absolute Gasteiger partial charge is 0.413 e. The van der Waals surface area contributed by atoms with Crippen LogP contribution < -0.4 is 16.0 Å². The van der Waals surface area contributed by atoms with Gasteiger partial charge in [-0.3, -0.25) is 4.79 Å². The number of nitrogen functional groups attached to an aromatic ring is 1. The summed E-state index contributed by atoms with van der Waals surface area (Å²) >= 11 is 1.24. The molecule has 12 heteroatoms. The van der Waals surface area contributed by atoms with E-state index in [-0.39, 0.29) is 29.6 Å². The molecular weight excluding hydrogens is 493 g/mol. The number of amides is 1. The van der Waals surface area contributed by atoms with Gasteiger partial charge >= 0.3 is 6.18 Å². The maximum atomic E-state index is 13.5. The minimum Gasteiger partial charge on any atom is -0.381 e. The van der Waals surface area contributed by atoms with Gasteiger partial charge in [-0.1, -0.05) is 6.08 Å². The normalized spacial score (nSPS) is 17.6. The minimum atomic E-state index is -4.45. The van der Waals surface area contributed by atoms with Gasteiger partial charge in [-0.2, -0.15) is 23.4 Å². The van der Waals surface area contributed by atoms with Crippen molar-refractivity contribution in [3.05, 3.63) is 29.0 Å². The number of carbonyl (C=O) groups is 1. The maximum Gasteiger partial charge on any atom is 0.413 e. The van der Waals surface area contributed by atoms with E-state index in [9.17, 15) is 23.2 Å². The zero-order chi connectivity index (χ0) is 26.3. The third-order valence-electron chi connectivity index (χ3n) is 6.21. The number of carbonyl (C=O) groups excluding carboxylic acids is 1.